The van der Waals surface area contributed by atoms with Crippen molar-refractivity contribution in [1.29, 1.82) is 0 Å². The zero-order chi connectivity index (χ0) is 13.8. The van der Waals surface area contributed by atoms with E-state index in [1.165, 1.54) is 36.1 Å². The molecule has 1 aromatic carbocycles. The Morgan fingerprint density at radius 3 is 2.53 bits per heavy atom. The second-order valence-electron chi connectivity index (χ2n) is 4.70. The van der Waals surface area contributed by atoms with E-state index in [9.17, 15) is 14.0 Å². The second-order valence-corrected chi connectivity index (χ2v) is 4.70. The summed E-state index contributed by atoms with van der Waals surface area (Å²) < 4.78 is 12.9. The lowest BCUT2D eigenvalue weighted by atomic mass is 10.0. The van der Waals surface area contributed by atoms with Crippen LogP contribution in [0.5, 0.6) is 0 Å². The van der Waals surface area contributed by atoms with Crippen LogP contribution in [0.25, 0.3) is 0 Å². The molecule has 1 N–H and O–H groups in total. The van der Waals surface area contributed by atoms with Gasteiger partial charge in [-0.1, -0.05) is 0 Å². The van der Waals surface area contributed by atoms with Crippen LogP contribution in [0.15, 0.2) is 24.3 Å². The van der Waals surface area contributed by atoms with E-state index in [0.717, 1.165) is 19.4 Å². The quantitative estimate of drug-likeness (QED) is 0.882. The van der Waals surface area contributed by atoms with Crippen molar-refractivity contribution >= 4 is 11.8 Å². The molecule has 5 heteroatoms. The molecule has 1 aromatic rings. The zero-order valence-corrected chi connectivity index (χ0v) is 10.9. The van der Waals surface area contributed by atoms with Crippen LogP contribution in [-0.2, 0) is 4.79 Å². The van der Waals surface area contributed by atoms with Gasteiger partial charge in [0.1, 0.15) is 5.82 Å². The number of imide groups is 1. The summed E-state index contributed by atoms with van der Waals surface area (Å²) in [5.74, 6) is -1.03. The maximum Gasteiger partial charge on any atom is 0.260 e. The van der Waals surface area contributed by atoms with E-state index < -0.39 is 5.82 Å². The van der Waals surface area contributed by atoms with Crippen LogP contribution < -0.4 is 5.32 Å². The molecular weight excluding hydrogens is 247 g/mol. The summed E-state index contributed by atoms with van der Waals surface area (Å²) in [6, 6.07) is 5.15. The highest BCUT2D eigenvalue weighted by Gasteiger charge is 2.29. The molecule has 1 unspecified atom stereocenters. The molecule has 1 aliphatic heterocycles. The second kappa shape index (κ2) is 5.93. The zero-order valence-electron chi connectivity index (χ0n) is 10.9. The summed E-state index contributed by atoms with van der Waals surface area (Å²) >= 11 is 0. The number of piperidine rings is 1. The molecule has 0 saturated carbocycles. The molecule has 1 saturated heterocycles. The van der Waals surface area contributed by atoms with Crippen LogP contribution in [-0.4, -0.2) is 35.8 Å². The lowest BCUT2D eigenvalue weighted by Crippen LogP contribution is -2.50. The average Bonchev–Trinajstić information content (AvgIpc) is 2.40. The minimum absolute atomic E-state index is 0.121. The van der Waals surface area contributed by atoms with Crippen LogP contribution in [0.2, 0.25) is 0 Å². The number of benzene rings is 1. The van der Waals surface area contributed by atoms with Gasteiger partial charge in [-0.25, -0.2) is 4.39 Å². The maximum absolute atomic E-state index is 12.9. The van der Waals surface area contributed by atoms with Crippen LogP contribution in [0.1, 0.15) is 30.1 Å². The van der Waals surface area contributed by atoms with E-state index in [1.54, 1.807) is 0 Å². The van der Waals surface area contributed by atoms with Gasteiger partial charge in [-0.2, -0.15) is 0 Å². The smallest absolute Gasteiger partial charge is 0.260 e. The molecule has 1 heterocycles. The third-order valence-corrected chi connectivity index (χ3v) is 3.29. The fraction of sp³-hybridized carbons (Fsp3) is 0.429. The van der Waals surface area contributed by atoms with Crippen LogP contribution >= 0.6 is 0 Å². The number of halogens is 1. The Labute approximate surface area is 111 Å². The Bertz CT molecular complexity index is 467. The Morgan fingerprint density at radius 1 is 1.32 bits per heavy atom. The van der Waals surface area contributed by atoms with Crippen molar-refractivity contribution in [3.8, 4) is 0 Å². The van der Waals surface area contributed by atoms with Gasteiger partial charge >= 0.3 is 0 Å². The largest absolute Gasteiger partial charge is 0.315 e. The number of rotatable bonds is 2. The first-order chi connectivity index (χ1) is 9.09. The third kappa shape index (κ3) is 3.17. The summed E-state index contributed by atoms with van der Waals surface area (Å²) in [6.07, 6.45) is 1.74. The Hall–Kier alpha value is -1.75. The first-order valence-electron chi connectivity index (χ1n) is 6.40. The van der Waals surface area contributed by atoms with Gasteiger partial charge in [0.25, 0.3) is 5.91 Å². The molecule has 0 bridgehead atoms. The van der Waals surface area contributed by atoms with Gasteiger partial charge in [0, 0.05) is 19.0 Å². The minimum atomic E-state index is -0.398. The molecule has 1 atom stereocenters. The van der Waals surface area contributed by atoms with Gasteiger partial charge in [0.2, 0.25) is 5.91 Å². The molecule has 0 spiro atoms. The van der Waals surface area contributed by atoms with Gasteiger partial charge in [0.05, 0.1) is 6.04 Å². The molecule has 0 aromatic heterocycles. The Kier molecular flexibility index (Phi) is 4.27. The number of hydrogen-bond acceptors (Lipinski definition) is 3. The van der Waals surface area contributed by atoms with Crippen molar-refractivity contribution in [2.24, 2.45) is 0 Å². The molecular formula is C14H17FN2O2. The lowest BCUT2D eigenvalue weighted by molar-refractivity contribution is -0.128. The monoisotopic (exact) mass is 264 g/mol. The first-order valence-corrected chi connectivity index (χ1v) is 6.40. The predicted octanol–water partition coefficient (Wildman–Crippen LogP) is 1.57. The van der Waals surface area contributed by atoms with Crippen molar-refractivity contribution in [3.63, 3.8) is 0 Å². The Morgan fingerprint density at radius 2 is 2.00 bits per heavy atom. The van der Waals surface area contributed by atoms with Crippen molar-refractivity contribution in [3.05, 3.63) is 35.6 Å². The number of hydrogen-bond donors (Lipinski definition) is 1. The first kappa shape index (κ1) is 13.7. The summed E-state index contributed by atoms with van der Waals surface area (Å²) in [6.45, 7) is 2.91. The molecule has 1 aliphatic rings. The van der Waals surface area contributed by atoms with E-state index >= 15 is 0 Å². The molecule has 4 nitrogen and oxygen atoms in total. The number of nitrogens with zero attached hydrogens (tertiary/aromatic N) is 1. The topological polar surface area (TPSA) is 49.4 Å². The van der Waals surface area contributed by atoms with Crippen molar-refractivity contribution < 1.29 is 14.0 Å². The van der Waals surface area contributed by atoms with E-state index in [0.29, 0.717) is 12.1 Å². The van der Waals surface area contributed by atoms with Crippen molar-refractivity contribution in [1.82, 2.24) is 10.2 Å². The third-order valence-electron chi connectivity index (χ3n) is 3.29. The van der Waals surface area contributed by atoms with E-state index in [2.05, 4.69) is 5.32 Å². The summed E-state index contributed by atoms with van der Waals surface area (Å²) in [4.78, 5) is 25.4. The molecule has 0 aliphatic carbocycles. The van der Waals surface area contributed by atoms with E-state index in [-0.39, 0.29) is 17.9 Å². The SMILES string of the molecule is CC(=O)N(C(=O)c1ccc(F)cc1)C1CCCNC1. The number of amides is 2. The van der Waals surface area contributed by atoms with E-state index in [4.69, 9.17) is 0 Å². The highest BCUT2D eigenvalue weighted by molar-refractivity contribution is 6.04. The predicted molar refractivity (Wildman–Crippen MR) is 69.1 cm³/mol. The van der Waals surface area contributed by atoms with Gasteiger partial charge in [-0.05, 0) is 43.7 Å². The Balaban J connectivity index is 2.20. The standard InChI is InChI=1S/C14H17FN2O2/c1-10(18)17(13-3-2-8-16-9-13)14(19)11-4-6-12(15)7-5-11/h4-7,13,16H,2-3,8-9H2,1H3. The molecule has 1 fully saturated rings. The minimum Gasteiger partial charge on any atom is -0.315 e. The van der Waals surface area contributed by atoms with Crippen LogP contribution in [0.3, 0.4) is 0 Å². The van der Waals surface area contributed by atoms with Crippen LogP contribution in [0, 0.1) is 5.82 Å². The van der Waals surface area contributed by atoms with Crippen molar-refractivity contribution in [2.45, 2.75) is 25.8 Å². The van der Waals surface area contributed by atoms with E-state index in [1.807, 2.05) is 0 Å². The molecule has 2 amide bonds. The lowest BCUT2D eigenvalue weighted by Gasteiger charge is -2.32. The molecule has 2 rings (SSSR count). The van der Waals surface area contributed by atoms with Crippen LogP contribution in [0.4, 0.5) is 4.39 Å². The fourth-order valence-corrected chi connectivity index (χ4v) is 2.35. The number of carbonyl (C=O) groups is 2. The highest BCUT2D eigenvalue weighted by atomic mass is 19.1. The molecule has 102 valence electrons. The summed E-state index contributed by atoms with van der Waals surface area (Å²) in [5.41, 5.74) is 0.335. The van der Waals surface area contributed by atoms with Gasteiger partial charge in [-0.3, -0.25) is 14.5 Å². The normalized spacial score (nSPS) is 18.9. The average molecular weight is 264 g/mol. The van der Waals surface area contributed by atoms with Crippen molar-refractivity contribution in [2.75, 3.05) is 13.1 Å². The highest BCUT2D eigenvalue weighted by Crippen LogP contribution is 2.15. The molecule has 0 radical (unpaired) electrons. The summed E-state index contributed by atoms with van der Waals surface area (Å²) in [7, 11) is 0. The molecule has 19 heavy (non-hydrogen) atoms. The fourth-order valence-electron chi connectivity index (χ4n) is 2.35. The van der Waals surface area contributed by atoms with Gasteiger partial charge in [-0.15, -0.1) is 0 Å². The maximum atomic E-state index is 12.9. The number of nitrogens with one attached hydrogen (secondary N) is 1. The van der Waals surface area contributed by atoms with Gasteiger partial charge < -0.3 is 5.32 Å². The van der Waals surface area contributed by atoms with Gasteiger partial charge in [0.15, 0.2) is 0 Å². The summed E-state index contributed by atoms with van der Waals surface area (Å²) in [5, 5.41) is 3.18. The number of carbonyl (C=O) groups excluding carboxylic acids is 2.